The third-order valence-electron chi connectivity index (χ3n) is 4.95. The average molecular weight is 480 g/mol. The smallest absolute Gasteiger partial charge is 0.195 e. The van der Waals surface area contributed by atoms with Crippen LogP contribution in [0.4, 0.5) is 0 Å². The van der Waals surface area contributed by atoms with Crippen molar-refractivity contribution < 1.29 is 13.2 Å². The lowest BCUT2D eigenvalue weighted by Gasteiger charge is -2.11. The summed E-state index contributed by atoms with van der Waals surface area (Å²) in [5.74, 6) is 1.78. The van der Waals surface area contributed by atoms with Crippen LogP contribution in [0.2, 0.25) is 0 Å². The largest absolute Gasteiger partial charge is 0.494 e. The van der Waals surface area contributed by atoms with Crippen LogP contribution in [0.25, 0.3) is 5.69 Å². The Hall–Kier alpha value is -3.10. The van der Waals surface area contributed by atoms with Gasteiger partial charge in [-0.2, -0.15) is 0 Å². The molecule has 4 aromatic rings. The molecule has 0 saturated heterocycles. The van der Waals surface area contributed by atoms with Crippen molar-refractivity contribution in [3.8, 4) is 11.4 Å². The normalized spacial score (nSPS) is 11.4. The zero-order valence-electron chi connectivity index (χ0n) is 18.3. The fourth-order valence-corrected chi connectivity index (χ4v) is 5.38. The van der Waals surface area contributed by atoms with Gasteiger partial charge in [0.2, 0.25) is 0 Å². The van der Waals surface area contributed by atoms with Crippen molar-refractivity contribution in [3.05, 3.63) is 96.3 Å². The van der Waals surface area contributed by atoms with Gasteiger partial charge in [0, 0.05) is 11.4 Å². The van der Waals surface area contributed by atoms with Crippen LogP contribution in [0.1, 0.15) is 17.8 Å². The number of hydrogen-bond acceptors (Lipinski definition) is 6. The lowest BCUT2D eigenvalue weighted by molar-refractivity contribution is 0.318. The third kappa shape index (κ3) is 6.03. The Morgan fingerprint density at radius 1 is 0.879 bits per heavy atom. The molecule has 4 rings (SSSR count). The molecule has 0 amide bonds. The van der Waals surface area contributed by atoms with Crippen LogP contribution in [-0.2, 0) is 15.6 Å². The molecule has 0 bridgehead atoms. The van der Waals surface area contributed by atoms with Crippen molar-refractivity contribution >= 4 is 21.6 Å². The zero-order valence-corrected chi connectivity index (χ0v) is 19.9. The van der Waals surface area contributed by atoms with E-state index in [-0.39, 0.29) is 10.6 Å². The number of hydrogen-bond donors (Lipinski definition) is 0. The van der Waals surface area contributed by atoms with E-state index in [4.69, 9.17) is 4.74 Å². The molecule has 1 aromatic heterocycles. The monoisotopic (exact) mass is 479 g/mol. The number of aromatic nitrogens is 3. The van der Waals surface area contributed by atoms with E-state index in [0.29, 0.717) is 17.6 Å². The van der Waals surface area contributed by atoms with Gasteiger partial charge in [-0.05, 0) is 49.7 Å². The van der Waals surface area contributed by atoms with Crippen LogP contribution < -0.4 is 4.74 Å². The summed E-state index contributed by atoms with van der Waals surface area (Å²) in [5.41, 5.74) is 1.84. The fourth-order valence-electron chi connectivity index (χ4n) is 3.25. The van der Waals surface area contributed by atoms with Crippen LogP contribution in [-0.4, -0.2) is 35.5 Å². The van der Waals surface area contributed by atoms with Crippen LogP contribution in [0.15, 0.2) is 95.0 Å². The minimum atomic E-state index is -3.56. The van der Waals surface area contributed by atoms with Gasteiger partial charge in [-0.3, -0.25) is 4.57 Å². The van der Waals surface area contributed by atoms with Crippen molar-refractivity contribution in [2.75, 3.05) is 12.4 Å². The second kappa shape index (κ2) is 10.7. The SMILES string of the molecule is Cc1ccc(S(=O)(=O)Cc2nnc(SCCCOc3ccccc3)n2-c2ccccc2)cc1. The molecule has 0 N–H and O–H groups in total. The molecule has 3 aromatic carbocycles. The molecule has 170 valence electrons. The lowest BCUT2D eigenvalue weighted by Crippen LogP contribution is -2.11. The molecule has 0 atom stereocenters. The summed E-state index contributed by atoms with van der Waals surface area (Å²) in [7, 11) is -3.56. The Morgan fingerprint density at radius 3 is 2.24 bits per heavy atom. The van der Waals surface area contributed by atoms with Gasteiger partial charge in [0.1, 0.15) is 11.5 Å². The number of para-hydroxylation sites is 2. The predicted molar refractivity (Wildman–Crippen MR) is 131 cm³/mol. The highest BCUT2D eigenvalue weighted by Crippen LogP contribution is 2.25. The summed E-state index contributed by atoms with van der Waals surface area (Å²) in [6, 6.07) is 26.2. The van der Waals surface area contributed by atoms with E-state index in [1.54, 1.807) is 24.3 Å². The number of ether oxygens (including phenoxy) is 1. The van der Waals surface area contributed by atoms with E-state index < -0.39 is 9.84 Å². The first-order valence-corrected chi connectivity index (χ1v) is 13.3. The number of benzene rings is 3. The number of nitrogens with zero attached hydrogens (tertiary/aromatic N) is 3. The molecule has 0 unspecified atom stereocenters. The van der Waals surface area contributed by atoms with Gasteiger partial charge < -0.3 is 4.74 Å². The Bertz CT molecular complexity index is 1270. The van der Waals surface area contributed by atoms with Gasteiger partial charge in [-0.15, -0.1) is 10.2 Å². The van der Waals surface area contributed by atoms with Gasteiger partial charge in [-0.1, -0.05) is 65.9 Å². The Balaban J connectivity index is 1.49. The maximum absolute atomic E-state index is 13.0. The zero-order chi connectivity index (χ0) is 23.1. The van der Waals surface area contributed by atoms with Crippen molar-refractivity contribution in [2.45, 2.75) is 29.1 Å². The Kier molecular flexibility index (Phi) is 7.47. The minimum absolute atomic E-state index is 0.227. The minimum Gasteiger partial charge on any atom is -0.494 e. The molecule has 6 nitrogen and oxygen atoms in total. The molecule has 1 heterocycles. The highest BCUT2D eigenvalue weighted by atomic mass is 32.2. The average Bonchev–Trinajstić information content (AvgIpc) is 3.22. The predicted octanol–water partition coefficient (Wildman–Crippen LogP) is 5.11. The van der Waals surface area contributed by atoms with Crippen LogP contribution in [0, 0.1) is 6.92 Å². The summed E-state index contributed by atoms with van der Waals surface area (Å²) in [6.07, 6.45) is 0.818. The maximum Gasteiger partial charge on any atom is 0.195 e. The first-order chi connectivity index (χ1) is 16.0. The summed E-state index contributed by atoms with van der Waals surface area (Å²) in [4.78, 5) is 0.281. The molecular formula is C25H25N3O3S2. The second-order valence-corrected chi connectivity index (χ2v) is 10.6. The Morgan fingerprint density at radius 2 is 1.55 bits per heavy atom. The molecule has 33 heavy (non-hydrogen) atoms. The molecule has 0 saturated carbocycles. The molecule has 0 fully saturated rings. The van der Waals surface area contributed by atoms with Crippen molar-refractivity contribution in [1.29, 1.82) is 0 Å². The summed E-state index contributed by atoms with van der Waals surface area (Å²) >= 11 is 1.54. The fraction of sp³-hybridized carbons (Fsp3) is 0.200. The topological polar surface area (TPSA) is 74.1 Å². The standard InChI is InChI=1S/C25H25N3O3S2/c1-20-13-15-23(16-14-20)33(29,30)19-24-26-27-25(28(24)21-9-4-2-5-10-21)32-18-8-17-31-22-11-6-3-7-12-22/h2-7,9-16H,8,17-19H2,1H3. The summed E-state index contributed by atoms with van der Waals surface area (Å²) in [6.45, 7) is 2.52. The van der Waals surface area contributed by atoms with E-state index in [1.807, 2.05) is 72.2 Å². The molecular weight excluding hydrogens is 454 g/mol. The van der Waals surface area contributed by atoms with E-state index in [9.17, 15) is 8.42 Å². The van der Waals surface area contributed by atoms with Gasteiger partial charge >= 0.3 is 0 Å². The van der Waals surface area contributed by atoms with Gasteiger partial charge in [0.05, 0.1) is 11.5 Å². The van der Waals surface area contributed by atoms with E-state index in [0.717, 1.165) is 29.2 Å². The molecule has 8 heteroatoms. The molecule has 0 aliphatic rings. The van der Waals surface area contributed by atoms with Crippen LogP contribution in [0.3, 0.4) is 0 Å². The number of sulfone groups is 1. The van der Waals surface area contributed by atoms with Gasteiger partial charge in [0.15, 0.2) is 20.8 Å². The highest BCUT2D eigenvalue weighted by molar-refractivity contribution is 7.99. The summed E-state index contributed by atoms with van der Waals surface area (Å²) in [5, 5.41) is 9.22. The second-order valence-electron chi connectivity index (χ2n) is 7.51. The van der Waals surface area contributed by atoms with Crippen LogP contribution >= 0.6 is 11.8 Å². The quantitative estimate of drug-likeness (QED) is 0.232. The van der Waals surface area contributed by atoms with Gasteiger partial charge in [-0.25, -0.2) is 8.42 Å². The lowest BCUT2D eigenvalue weighted by atomic mass is 10.2. The number of aryl methyl sites for hydroxylation is 1. The van der Waals surface area contributed by atoms with Gasteiger partial charge in [0.25, 0.3) is 0 Å². The maximum atomic E-state index is 13.0. The van der Waals surface area contributed by atoms with Crippen molar-refractivity contribution in [3.63, 3.8) is 0 Å². The van der Waals surface area contributed by atoms with Crippen molar-refractivity contribution in [1.82, 2.24) is 14.8 Å². The van der Waals surface area contributed by atoms with Crippen LogP contribution in [0.5, 0.6) is 5.75 Å². The number of thioether (sulfide) groups is 1. The molecule has 0 radical (unpaired) electrons. The molecule has 0 aliphatic heterocycles. The Labute approximate surface area is 198 Å². The van der Waals surface area contributed by atoms with E-state index in [2.05, 4.69) is 10.2 Å². The van der Waals surface area contributed by atoms with E-state index >= 15 is 0 Å². The summed E-state index contributed by atoms with van der Waals surface area (Å²) < 4.78 is 33.6. The van der Waals surface area contributed by atoms with E-state index in [1.165, 1.54) is 11.8 Å². The third-order valence-corrected chi connectivity index (χ3v) is 7.59. The van der Waals surface area contributed by atoms with Crippen molar-refractivity contribution in [2.24, 2.45) is 0 Å². The highest BCUT2D eigenvalue weighted by Gasteiger charge is 2.22. The first-order valence-electron chi connectivity index (χ1n) is 10.6. The molecule has 0 spiro atoms. The molecule has 0 aliphatic carbocycles. The first kappa shape index (κ1) is 23.1. The number of rotatable bonds is 10.